The molecule has 0 bridgehead atoms. The van der Waals surface area contributed by atoms with E-state index in [1.807, 2.05) is 6.92 Å². The van der Waals surface area contributed by atoms with Gasteiger partial charge in [0.25, 0.3) is 5.91 Å². The third-order valence-corrected chi connectivity index (χ3v) is 5.71. The molecule has 2 aromatic carbocycles. The Morgan fingerprint density at radius 2 is 1.97 bits per heavy atom. The molecule has 0 spiro atoms. The Bertz CT molecular complexity index is 1150. The van der Waals surface area contributed by atoms with Crippen LogP contribution in [0.3, 0.4) is 0 Å². The Balaban J connectivity index is 1.76. The Hall–Kier alpha value is -2.84. The maximum Gasteiger partial charge on any atom is 0.255 e. The highest BCUT2D eigenvalue weighted by atomic mass is 35.5. The van der Waals surface area contributed by atoms with Gasteiger partial charge in [-0.3, -0.25) is 4.79 Å². The van der Waals surface area contributed by atoms with Crippen LogP contribution in [0.5, 0.6) is 5.75 Å². The van der Waals surface area contributed by atoms with Gasteiger partial charge >= 0.3 is 0 Å². The van der Waals surface area contributed by atoms with Crippen molar-refractivity contribution in [1.82, 2.24) is 5.16 Å². The maximum absolute atomic E-state index is 12.6. The predicted octanol–water partition coefficient (Wildman–Crippen LogP) is 4.18. The van der Waals surface area contributed by atoms with Crippen molar-refractivity contribution in [2.75, 3.05) is 11.6 Å². The number of ether oxygens (including phenoxy) is 1. The number of carbonyl (C=O) groups excluding carboxylic acids is 1. The minimum absolute atomic E-state index is 0.0637. The van der Waals surface area contributed by atoms with Crippen molar-refractivity contribution in [3.8, 4) is 5.75 Å². The molecule has 0 saturated carbocycles. The summed E-state index contributed by atoms with van der Waals surface area (Å²) in [7, 11) is -3.43. The Kier molecular flexibility index (Phi) is 5.95. The first-order valence-corrected chi connectivity index (χ1v) is 10.9. The molecule has 1 N–H and O–H groups in total. The van der Waals surface area contributed by atoms with Crippen molar-refractivity contribution in [1.29, 1.82) is 0 Å². The average Bonchev–Trinajstić information content (AvgIpc) is 2.99. The number of carbonyl (C=O) groups is 1. The van der Waals surface area contributed by atoms with Crippen molar-refractivity contribution in [3.05, 3.63) is 70.1 Å². The second-order valence-corrected chi connectivity index (χ2v) is 8.91. The van der Waals surface area contributed by atoms with E-state index in [0.29, 0.717) is 17.1 Å². The van der Waals surface area contributed by atoms with E-state index in [2.05, 4.69) is 10.5 Å². The Morgan fingerprint density at radius 3 is 2.62 bits per heavy atom. The highest BCUT2D eigenvalue weighted by Crippen LogP contribution is 2.26. The molecule has 0 unspecified atom stereocenters. The normalized spacial score (nSPS) is 11.3. The van der Waals surface area contributed by atoms with Gasteiger partial charge in [-0.05, 0) is 50.2 Å². The zero-order valence-electron chi connectivity index (χ0n) is 16.0. The molecular weight excluding hydrogens is 416 g/mol. The number of rotatable bonds is 6. The van der Waals surface area contributed by atoms with Crippen LogP contribution in [0.4, 0.5) is 5.69 Å². The van der Waals surface area contributed by atoms with Gasteiger partial charge in [0.2, 0.25) is 0 Å². The van der Waals surface area contributed by atoms with Gasteiger partial charge in [-0.2, -0.15) is 0 Å². The lowest BCUT2D eigenvalue weighted by Crippen LogP contribution is -2.13. The number of aryl methyl sites for hydroxylation is 2. The molecule has 0 aliphatic heterocycles. The number of aromatic nitrogens is 1. The van der Waals surface area contributed by atoms with E-state index in [4.69, 9.17) is 20.9 Å². The molecule has 29 heavy (non-hydrogen) atoms. The third kappa shape index (κ3) is 4.96. The topological polar surface area (TPSA) is 98.5 Å². The second kappa shape index (κ2) is 8.26. The first-order valence-electron chi connectivity index (χ1n) is 8.60. The SMILES string of the molecule is Cc1noc(C)c1COc1cccc(C(=O)Nc2cc(S(C)(=O)=O)ccc2Cl)c1. The van der Waals surface area contributed by atoms with Crippen LogP contribution in [-0.4, -0.2) is 25.7 Å². The lowest BCUT2D eigenvalue weighted by Gasteiger charge is -2.11. The molecule has 0 fully saturated rings. The van der Waals surface area contributed by atoms with Gasteiger partial charge in [0.1, 0.15) is 18.1 Å². The van der Waals surface area contributed by atoms with Gasteiger partial charge in [0.15, 0.2) is 9.84 Å². The van der Waals surface area contributed by atoms with E-state index < -0.39 is 15.7 Å². The van der Waals surface area contributed by atoms with Crippen molar-refractivity contribution in [3.63, 3.8) is 0 Å². The van der Waals surface area contributed by atoms with Crippen LogP contribution in [0.25, 0.3) is 0 Å². The van der Waals surface area contributed by atoms with E-state index in [-0.39, 0.29) is 22.2 Å². The van der Waals surface area contributed by atoms with E-state index in [1.54, 1.807) is 31.2 Å². The van der Waals surface area contributed by atoms with Crippen molar-refractivity contribution >= 4 is 33.0 Å². The van der Waals surface area contributed by atoms with Crippen LogP contribution in [0, 0.1) is 13.8 Å². The van der Waals surface area contributed by atoms with Gasteiger partial charge < -0.3 is 14.6 Å². The number of hydrogen-bond acceptors (Lipinski definition) is 6. The quantitative estimate of drug-likeness (QED) is 0.624. The second-order valence-electron chi connectivity index (χ2n) is 6.49. The molecule has 0 aliphatic carbocycles. The fourth-order valence-corrected chi connectivity index (χ4v) is 3.43. The number of nitrogens with zero attached hydrogens (tertiary/aromatic N) is 1. The Labute approximate surface area is 173 Å². The molecule has 1 aromatic heterocycles. The molecule has 9 heteroatoms. The van der Waals surface area contributed by atoms with E-state index in [9.17, 15) is 13.2 Å². The van der Waals surface area contributed by atoms with Crippen molar-refractivity contribution in [2.45, 2.75) is 25.3 Å². The summed E-state index contributed by atoms with van der Waals surface area (Å²) in [4.78, 5) is 12.7. The first-order chi connectivity index (χ1) is 13.6. The summed E-state index contributed by atoms with van der Waals surface area (Å²) < 4.78 is 34.3. The summed E-state index contributed by atoms with van der Waals surface area (Å²) in [6.45, 7) is 3.89. The van der Waals surface area contributed by atoms with Crippen molar-refractivity contribution < 1.29 is 22.5 Å². The summed E-state index contributed by atoms with van der Waals surface area (Å²) in [5.74, 6) is 0.728. The number of anilines is 1. The predicted molar refractivity (Wildman–Crippen MR) is 109 cm³/mol. The average molecular weight is 435 g/mol. The molecular formula is C20H19ClN2O5S. The smallest absolute Gasteiger partial charge is 0.255 e. The Morgan fingerprint density at radius 1 is 1.21 bits per heavy atom. The van der Waals surface area contributed by atoms with Gasteiger partial charge in [0, 0.05) is 11.8 Å². The van der Waals surface area contributed by atoms with Crippen LogP contribution >= 0.6 is 11.6 Å². The molecule has 1 heterocycles. The van der Waals surface area contributed by atoms with Crippen LogP contribution in [0.2, 0.25) is 5.02 Å². The number of sulfone groups is 1. The number of amides is 1. The zero-order chi connectivity index (χ0) is 21.2. The van der Waals surface area contributed by atoms with E-state index in [0.717, 1.165) is 17.5 Å². The zero-order valence-corrected chi connectivity index (χ0v) is 17.6. The number of halogens is 1. The van der Waals surface area contributed by atoms with Crippen LogP contribution in [0.15, 0.2) is 51.9 Å². The van der Waals surface area contributed by atoms with Gasteiger partial charge in [0.05, 0.1) is 26.9 Å². The van der Waals surface area contributed by atoms with Crippen molar-refractivity contribution in [2.24, 2.45) is 0 Å². The first kappa shape index (κ1) is 20.9. The molecule has 152 valence electrons. The van der Waals surface area contributed by atoms with E-state index in [1.165, 1.54) is 18.2 Å². The summed E-state index contributed by atoms with van der Waals surface area (Å²) >= 11 is 6.10. The van der Waals surface area contributed by atoms with Gasteiger partial charge in [-0.1, -0.05) is 22.8 Å². The van der Waals surface area contributed by atoms with Crippen LogP contribution in [0.1, 0.15) is 27.4 Å². The maximum atomic E-state index is 12.6. The number of hydrogen-bond donors (Lipinski definition) is 1. The number of benzene rings is 2. The number of nitrogens with one attached hydrogen (secondary N) is 1. The van der Waals surface area contributed by atoms with E-state index >= 15 is 0 Å². The lowest BCUT2D eigenvalue weighted by atomic mass is 10.2. The summed E-state index contributed by atoms with van der Waals surface area (Å²) in [6.07, 6.45) is 1.08. The molecule has 1 amide bonds. The fourth-order valence-electron chi connectivity index (χ4n) is 2.62. The summed E-state index contributed by atoms with van der Waals surface area (Å²) in [5, 5.41) is 6.75. The summed E-state index contributed by atoms with van der Waals surface area (Å²) in [6, 6.07) is 10.8. The third-order valence-electron chi connectivity index (χ3n) is 4.27. The van der Waals surface area contributed by atoms with Gasteiger partial charge in [-0.25, -0.2) is 8.42 Å². The highest BCUT2D eigenvalue weighted by molar-refractivity contribution is 7.90. The monoisotopic (exact) mass is 434 g/mol. The molecule has 0 saturated heterocycles. The summed E-state index contributed by atoms with van der Waals surface area (Å²) in [5.41, 5.74) is 2.14. The highest BCUT2D eigenvalue weighted by Gasteiger charge is 2.14. The molecule has 3 rings (SSSR count). The van der Waals surface area contributed by atoms with Gasteiger partial charge in [-0.15, -0.1) is 0 Å². The minimum atomic E-state index is -3.43. The molecule has 3 aromatic rings. The fraction of sp³-hybridized carbons (Fsp3) is 0.200. The van der Waals surface area contributed by atoms with Crippen LogP contribution in [-0.2, 0) is 16.4 Å². The standard InChI is InChI=1S/C20H19ClN2O5S/c1-12-17(13(2)28-23-12)11-27-15-6-4-5-14(9-15)20(24)22-19-10-16(29(3,25)26)7-8-18(19)21/h4-10H,11H2,1-3H3,(H,22,24). The largest absolute Gasteiger partial charge is 0.489 e. The molecule has 0 aliphatic rings. The molecule has 7 nitrogen and oxygen atoms in total. The lowest BCUT2D eigenvalue weighted by molar-refractivity contribution is 0.102. The minimum Gasteiger partial charge on any atom is -0.489 e. The molecule has 0 atom stereocenters. The molecule has 0 radical (unpaired) electrons. The van der Waals surface area contributed by atoms with Crippen LogP contribution < -0.4 is 10.1 Å².